The van der Waals surface area contributed by atoms with E-state index in [-0.39, 0.29) is 12.2 Å². The van der Waals surface area contributed by atoms with E-state index in [4.69, 9.17) is 14.2 Å². The van der Waals surface area contributed by atoms with Gasteiger partial charge in [-0.15, -0.1) is 0 Å². The van der Waals surface area contributed by atoms with Gasteiger partial charge in [0, 0.05) is 7.11 Å². The van der Waals surface area contributed by atoms with Gasteiger partial charge in [-0.25, -0.2) is 0 Å². The number of benzene rings is 2. The molecular weight excluding hydrogens is 424 g/mol. The van der Waals surface area contributed by atoms with Crippen LogP contribution >= 0.6 is 0 Å². The van der Waals surface area contributed by atoms with Crippen LogP contribution in [0, 0.1) is 6.92 Å². The highest BCUT2D eigenvalue weighted by Crippen LogP contribution is 2.34. The summed E-state index contributed by atoms with van der Waals surface area (Å²) in [5.41, 5.74) is 3.97. The molecule has 180 valence electrons. The summed E-state index contributed by atoms with van der Waals surface area (Å²) in [4.78, 5) is 0. The van der Waals surface area contributed by atoms with E-state index in [1.54, 1.807) is 7.11 Å². The molecule has 7 atom stereocenters. The van der Waals surface area contributed by atoms with Crippen LogP contribution in [-0.4, -0.2) is 70.8 Å². The number of hydrogen-bond donors (Lipinski definition) is 4. The SMILES string of the molecule is COC1CCCC1Oc1ccc(Cc2cc([C@@H]3O[C@H](CO)[C@@H](O)[C@H](O)[C@H]3O)ccc2C)cc1. The van der Waals surface area contributed by atoms with E-state index in [9.17, 15) is 20.4 Å². The van der Waals surface area contributed by atoms with Crippen molar-refractivity contribution in [3.63, 3.8) is 0 Å². The monoisotopic (exact) mass is 458 g/mol. The summed E-state index contributed by atoms with van der Waals surface area (Å²) in [5, 5.41) is 40.1. The summed E-state index contributed by atoms with van der Waals surface area (Å²) < 4.78 is 17.4. The molecule has 0 aromatic heterocycles. The minimum absolute atomic E-state index is 0.0957. The van der Waals surface area contributed by atoms with E-state index >= 15 is 0 Å². The van der Waals surface area contributed by atoms with Crippen LogP contribution in [0.3, 0.4) is 0 Å². The number of aryl methyl sites for hydroxylation is 1. The first-order valence-corrected chi connectivity index (χ1v) is 11.6. The molecule has 0 amide bonds. The fourth-order valence-corrected chi connectivity index (χ4v) is 4.81. The van der Waals surface area contributed by atoms with Crippen LogP contribution in [-0.2, 0) is 15.9 Å². The second-order valence-electron chi connectivity index (χ2n) is 9.12. The van der Waals surface area contributed by atoms with E-state index in [1.807, 2.05) is 49.4 Å². The highest BCUT2D eigenvalue weighted by atomic mass is 16.5. The Hall–Kier alpha value is -2.00. The maximum Gasteiger partial charge on any atom is 0.125 e. The van der Waals surface area contributed by atoms with Gasteiger partial charge in [0.05, 0.1) is 12.7 Å². The van der Waals surface area contributed by atoms with Gasteiger partial charge in [-0.1, -0.05) is 30.3 Å². The molecule has 33 heavy (non-hydrogen) atoms. The van der Waals surface area contributed by atoms with Gasteiger partial charge < -0.3 is 34.6 Å². The molecule has 1 aliphatic carbocycles. The van der Waals surface area contributed by atoms with Crippen LogP contribution < -0.4 is 4.74 Å². The average molecular weight is 459 g/mol. The summed E-state index contributed by atoms with van der Waals surface area (Å²) in [6, 6.07) is 13.8. The fourth-order valence-electron chi connectivity index (χ4n) is 4.81. The molecule has 7 heteroatoms. The van der Waals surface area contributed by atoms with Gasteiger partial charge >= 0.3 is 0 Å². The molecule has 0 spiro atoms. The van der Waals surface area contributed by atoms with Crippen LogP contribution in [0.5, 0.6) is 5.75 Å². The molecule has 2 aliphatic rings. The third-order valence-corrected chi connectivity index (χ3v) is 6.89. The molecule has 7 nitrogen and oxygen atoms in total. The van der Waals surface area contributed by atoms with Crippen LogP contribution in [0.25, 0.3) is 0 Å². The van der Waals surface area contributed by atoms with Gasteiger partial charge in [0.2, 0.25) is 0 Å². The standard InChI is InChI=1S/C26H34O7/c1-15-6-9-17(26-25(30)24(29)23(28)22(14-27)33-26)13-18(15)12-16-7-10-19(11-8-16)32-21-5-3-4-20(21)31-2/h6-11,13,20-30H,3-5,12,14H2,1-2H3/t20?,21?,22-,23-,24+,25-,26+/m1/s1. The van der Waals surface area contributed by atoms with Gasteiger partial charge in [-0.3, -0.25) is 0 Å². The molecule has 2 aromatic carbocycles. The van der Waals surface area contributed by atoms with E-state index < -0.39 is 37.1 Å². The van der Waals surface area contributed by atoms with Gasteiger partial charge in [0.1, 0.15) is 42.4 Å². The van der Waals surface area contributed by atoms with Crippen molar-refractivity contribution < 1.29 is 34.6 Å². The first-order valence-electron chi connectivity index (χ1n) is 11.6. The van der Waals surface area contributed by atoms with Crippen molar-refractivity contribution in [2.75, 3.05) is 13.7 Å². The van der Waals surface area contributed by atoms with Crippen molar-refractivity contribution >= 4 is 0 Å². The molecular formula is C26H34O7. The predicted octanol–water partition coefficient (Wildman–Crippen LogP) is 2.05. The normalized spacial score (nSPS) is 32.1. The molecule has 2 unspecified atom stereocenters. The quantitative estimate of drug-likeness (QED) is 0.503. The Morgan fingerprint density at radius 2 is 1.67 bits per heavy atom. The summed E-state index contributed by atoms with van der Waals surface area (Å²) in [5.74, 6) is 0.833. The molecule has 0 bridgehead atoms. The lowest BCUT2D eigenvalue weighted by molar-refractivity contribution is -0.231. The predicted molar refractivity (Wildman–Crippen MR) is 122 cm³/mol. The summed E-state index contributed by atoms with van der Waals surface area (Å²) in [6.07, 6.45) is -1.73. The fraction of sp³-hybridized carbons (Fsp3) is 0.538. The van der Waals surface area contributed by atoms with Crippen LogP contribution in [0.4, 0.5) is 0 Å². The van der Waals surface area contributed by atoms with Crippen molar-refractivity contribution in [3.8, 4) is 5.75 Å². The van der Waals surface area contributed by atoms with Crippen molar-refractivity contribution in [1.29, 1.82) is 0 Å². The number of aliphatic hydroxyl groups excluding tert-OH is 4. The lowest BCUT2D eigenvalue weighted by Gasteiger charge is -2.40. The van der Waals surface area contributed by atoms with Crippen LogP contribution in [0.15, 0.2) is 42.5 Å². The second kappa shape index (κ2) is 10.5. The minimum Gasteiger partial charge on any atom is -0.488 e. The summed E-state index contributed by atoms with van der Waals surface area (Å²) in [7, 11) is 1.73. The van der Waals surface area contributed by atoms with Crippen molar-refractivity contribution in [3.05, 3.63) is 64.7 Å². The summed E-state index contributed by atoms with van der Waals surface area (Å²) in [6.45, 7) is 1.58. The zero-order valence-corrected chi connectivity index (χ0v) is 19.1. The number of hydrogen-bond acceptors (Lipinski definition) is 7. The van der Waals surface area contributed by atoms with Crippen LogP contribution in [0.1, 0.15) is 47.6 Å². The first kappa shape index (κ1) is 24.1. The van der Waals surface area contributed by atoms with Crippen molar-refractivity contribution in [2.45, 2.75) is 75.3 Å². The zero-order valence-electron chi connectivity index (χ0n) is 19.1. The van der Waals surface area contributed by atoms with Crippen LogP contribution in [0.2, 0.25) is 0 Å². The van der Waals surface area contributed by atoms with Gasteiger partial charge in [0.25, 0.3) is 0 Å². The Morgan fingerprint density at radius 3 is 2.36 bits per heavy atom. The molecule has 1 heterocycles. The van der Waals surface area contributed by atoms with Crippen molar-refractivity contribution in [1.82, 2.24) is 0 Å². The number of rotatable bonds is 7. The Bertz CT molecular complexity index is 913. The van der Waals surface area contributed by atoms with E-state index in [1.165, 1.54) is 0 Å². The van der Waals surface area contributed by atoms with E-state index in [0.29, 0.717) is 12.0 Å². The lowest BCUT2D eigenvalue weighted by atomic mass is 9.89. The molecule has 2 fully saturated rings. The van der Waals surface area contributed by atoms with E-state index in [0.717, 1.165) is 41.7 Å². The summed E-state index contributed by atoms with van der Waals surface area (Å²) >= 11 is 0. The number of ether oxygens (including phenoxy) is 3. The maximum absolute atomic E-state index is 10.5. The highest BCUT2D eigenvalue weighted by Gasteiger charge is 2.44. The molecule has 1 saturated carbocycles. The Morgan fingerprint density at radius 1 is 0.939 bits per heavy atom. The van der Waals surface area contributed by atoms with Crippen molar-refractivity contribution in [2.24, 2.45) is 0 Å². The Labute approximate surface area is 194 Å². The minimum atomic E-state index is -1.39. The topological polar surface area (TPSA) is 109 Å². The lowest BCUT2D eigenvalue weighted by Crippen LogP contribution is -2.55. The average Bonchev–Trinajstić information content (AvgIpc) is 3.27. The molecule has 4 N–H and O–H groups in total. The van der Waals surface area contributed by atoms with Gasteiger partial charge in [0.15, 0.2) is 0 Å². The van der Waals surface area contributed by atoms with Gasteiger partial charge in [-0.2, -0.15) is 0 Å². The molecule has 0 radical (unpaired) electrons. The molecule has 2 aromatic rings. The van der Waals surface area contributed by atoms with E-state index in [2.05, 4.69) is 0 Å². The molecule has 4 rings (SSSR count). The molecule has 1 aliphatic heterocycles. The molecule has 1 saturated heterocycles. The number of methoxy groups -OCH3 is 1. The first-order chi connectivity index (χ1) is 15.9. The Kier molecular flexibility index (Phi) is 7.69. The highest BCUT2D eigenvalue weighted by molar-refractivity contribution is 5.38. The Balaban J connectivity index is 1.47. The third-order valence-electron chi connectivity index (χ3n) is 6.89. The maximum atomic E-state index is 10.5. The smallest absolute Gasteiger partial charge is 0.125 e. The third kappa shape index (κ3) is 5.24. The van der Waals surface area contributed by atoms with Gasteiger partial charge in [-0.05, 0) is 67.0 Å². The number of aliphatic hydroxyl groups is 4. The zero-order chi connectivity index (χ0) is 23.5. The largest absolute Gasteiger partial charge is 0.488 e. The second-order valence-corrected chi connectivity index (χ2v) is 9.12.